The van der Waals surface area contributed by atoms with Crippen molar-refractivity contribution in [3.63, 3.8) is 0 Å². The molecule has 0 aliphatic heterocycles. The van der Waals surface area contributed by atoms with Gasteiger partial charge in [0.25, 0.3) is 0 Å². The number of rotatable bonds is 1. The molecule has 0 saturated heterocycles. The first kappa shape index (κ1) is 13.5. The summed E-state index contributed by atoms with van der Waals surface area (Å²) in [4.78, 5) is 12.9. The van der Waals surface area contributed by atoms with Crippen LogP contribution in [0.1, 0.15) is 53.4 Å². The fraction of sp³-hybridized carbons (Fsp3) is 0.917. The Morgan fingerprint density at radius 2 is 1.57 bits per heavy atom. The highest BCUT2D eigenvalue weighted by atomic mass is 16.2. The summed E-state index contributed by atoms with van der Waals surface area (Å²) < 4.78 is 0. The van der Waals surface area contributed by atoms with Crippen LogP contribution in [0.3, 0.4) is 0 Å². The highest BCUT2D eigenvalue weighted by Gasteiger charge is 2.22. The molecule has 0 spiro atoms. The molecule has 1 saturated carbocycles. The molecule has 0 aromatic heterocycles. The minimum absolute atomic E-state index is 0.203. The largest absolute Gasteiger partial charge is 0.343 e. The zero-order chi connectivity index (χ0) is 11.1. The van der Waals surface area contributed by atoms with Gasteiger partial charge in [0.2, 0.25) is 5.91 Å². The van der Waals surface area contributed by atoms with Gasteiger partial charge < -0.3 is 4.90 Å². The predicted octanol–water partition coefficient (Wildman–Crippen LogP) is 3.07. The highest BCUT2D eigenvalue weighted by molar-refractivity contribution is 5.73. The molecule has 0 N–H and O–H groups in total. The zero-order valence-corrected chi connectivity index (χ0v) is 10.3. The minimum Gasteiger partial charge on any atom is -0.343 e. The Bertz CT molecular complexity index is 160. The van der Waals surface area contributed by atoms with Crippen LogP contribution in [-0.2, 0) is 4.79 Å². The van der Waals surface area contributed by atoms with Crippen molar-refractivity contribution >= 4 is 5.91 Å². The Balaban J connectivity index is 0.000000791. The molecule has 14 heavy (non-hydrogen) atoms. The second-order valence-corrected chi connectivity index (χ2v) is 4.04. The number of hydrogen-bond donors (Lipinski definition) is 0. The predicted molar refractivity (Wildman–Crippen MR) is 61.2 cm³/mol. The van der Waals surface area contributed by atoms with Gasteiger partial charge in [-0.25, -0.2) is 0 Å². The van der Waals surface area contributed by atoms with E-state index >= 15 is 0 Å². The third kappa shape index (κ3) is 4.12. The van der Waals surface area contributed by atoms with Crippen molar-refractivity contribution in [2.24, 2.45) is 5.92 Å². The van der Waals surface area contributed by atoms with Crippen molar-refractivity contribution in [1.82, 2.24) is 4.90 Å². The molecule has 1 aliphatic carbocycles. The Morgan fingerprint density at radius 3 is 1.93 bits per heavy atom. The monoisotopic (exact) mass is 199 g/mol. The van der Waals surface area contributed by atoms with Crippen molar-refractivity contribution in [3.05, 3.63) is 0 Å². The van der Waals surface area contributed by atoms with Crippen molar-refractivity contribution in [3.8, 4) is 0 Å². The summed E-state index contributed by atoms with van der Waals surface area (Å²) in [6, 6.07) is 0.513. The minimum atomic E-state index is 0.203. The molecule has 0 radical (unpaired) electrons. The summed E-state index contributed by atoms with van der Waals surface area (Å²) in [7, 11) is 1.92. The molecule has 84 valence electrons. The second kappa shape index (κ2) is 6.86. The Kier molecular flexibility index (Phi) is 6.60. The zero-order valence-electron chi connectivity index (χ0n) is 10.3. The Hall–Kier alpha value is -0.530. The van der Waals surface area contributed by atoms with Crippen molar-refractivity contribution in [2.75, 3.05) is 7.05 Å². The summed E-state index contributed by atoms with van der Waals surface area (Å²) >= 11 is 0. The van der Waals surface area contributed by atoms with Crippen LogP contribution < -0.4 is 0 Å². The van der Waals surface area contributed by atoms with Crippen LogP contribution >= 0.6 is 0 Å². The number of amides is 1. The van der Waals surface area contributed by atoms with Crippen molar-refractivity contribution in [2.45, 2.75) is 59.4 Å². The van der Waals surface area contributed by atoms with Crippen LogP contribution in [0, 0.1) is 5.92 Å². The van der Waals surface area contributed by atoms with Gasteiger partial charge in [0.05, 0.1) is 0 Å². The molecule has 1 rings (SSSR count). The third-order valence-corrected chi connectivity index (χ3v) is 3.03. The lowest BCUT2D eigenvalue weighted by molar-refractivity contribution is -0.130. The standard InChI is InChI=1S/C10H19NO.C2H6/c1-8-4-6-10(7-5-8)11(3)9(2)12;1-2/h8,10H,4-7H2,1-3H3;1-2H3. The lowest BCUT2D eigenvalue weighted by atomic mass is 9.87. The molecule has 0 aromatic carbocycles. The molecule has 2 heteroatoms. The van der Waals surface area contributed by atoms with Crippen molar-refractivity contribution in [1.29, 1.82) is 0 Å². The summed E-state index contributed by atoms with van der Waals surface area (Å²) in [5, 5.41) is 0. The van der Waals surface area contributed by atoms with Gasteiger partial charge in [-0.05, 0) is 31.6 Å². The first-order chi connectivity index (χ1) is 6.61. The lowest BCUT2D eigenvalue weighted by Gasteiger charge is -2.32. The van der Waals surface area contributed by atoms with E-state index in [1.54, 1.807) is 6.92 Å². The second-order valence-electron chi connectivity index (χ2n) is 4.04. The maximum atomic E-state index is 11.1. The molecular formula is C12H25NO. The topological polar surface area (TPSA) is 20.3 Å². The van der Waals surface area contributed by atoms with Gasteiger partial charge in [-0.15, -0.1) is 0 Å². The summed E-state index contributed by atoms with van der Waals surface area (Å²) in [6.07, 6.45) is 4.94. The molecule has 0 bridgehead atoms. The SMILES string of the molecule is CC.CC(=O)N(C)C1CCC(C)CC1. The molecule has 0 heterocycles. The first-order valence-electron chi connectivity index (χ1n) is 5.84. The van der Waals surface area contributed by atoms with Gasteiger partial charge in [-0.2, -0.15) is 0 Å². The van der Waals surface area contributed by atoms with Crippen LogP contribution in [-0.4, -0.2) is 23.9 Å². The third-order valence-electron chi connectivity index (χ3n) is 3.03. The van der Waals surface area contributed by atoms with E-state index in [-0.39, 0.29) is 5.91 Å². The molecule has 2 nitrogen and oxygen atoms in total. The van der Waals surface area contributed by atoms with Gasteiger partial charge in [-0.1, -0.05) is 20.8 Å². The Labute approximate surface area is 88.7 Å². The molecule has 1 aliphatic rings. The van der Waals surface area contributed by atoms with Crippen LogP contribution in [0.25, 0.3) is 0 Å². The maximum Gasteiger partial charge on any atom is 0.219 e. The van der Waals surface area contributed by atoms with Crippen molar-refractivity contribution < 1.29 is 4.79 Å². The van der Waals surface area contributed by atoms with Gasteiger partial charge in [0, 0.05) is 20.0 Å². The fourth-order valence-corrected chi connectivity index (χ4v) is 1.89. The quantitative estimate of drug-likeness (QED) is 0.635. The first-order valence-corrected chi connectivity index (χ1v) is 5.84. The summed E-state index contributed by atoms with van der Waals surface area (Å²) in [6.45, 7) is 7.95. The van der Waals surface area contributed by atoms with Crippen LogP contribution in [0.5, 0.6) is 0 Å². The van der Waals surface area contributed by atoms with E-state index in [0.717, 1.165) is 5.92 Å². The lowest BCUT2D eigenvalue weighted by Crippen LogP contribution is -2.37. The molecule has 0 aromatic rings. The molecule has 1 fully saturated rings. The van der Waals surface area contributed by atoms with E-state index in [1.165, 1.54) is 25.7 Å². The normalized spacial score (nSPS) is 26.1. The average Bonchev–Trinajstić information content (AvgIpc) is 2.21. The van der Waals surface area contributed by atoms with Crippen LogP contribution in [0.15, 0.2) is 0 Å². The van der Waals surface area contributed by atoms with Gasteiger partial charge >= 0.3 is 0 Å². The number of nitrogens with zero attached hydrogens (tertiary/aromatic N) is 1. The Morgan fingerprint density at radius 1 is 1.14 bits per heavy atom. The summed E-state index contributed by atoms with van der Waals surface area (Å²) in [5.41, 5.74) is 0. The molecule has 1 amide bonds. The van der Waals surface area contributed by atoms with Crippen LogP contribution in [0.4, 0.5) is 0 Å². The van der Waals surface area contributed by atoms with Gasteiger partial charge in [0.15, 0.2) is 0 Å². The van der Waals surface area contributed by atoms with Gasteiger partial charge in [-0.3, -0.25) is 4.79 Å². The van der Waals surface area contributed by atoms with E-state index in [2.05, 4.69) is 6.92 Å². The molecule has 0 unspecified atom stereocenters. The van der Waals surface area contributed by atoms with E-state index in [4.69, 9.17) is 0 Å². The number of carbonyl (C=O) groups excluding carboxylic acids is 1. The van der Waals surface area contributed by atoms with E-state index < -0.39 is 0 Å². The maximum absolute atomic E-state index is 11.1. The highest BCUT2D eigenvalue weighted by Crippen LogP contribution is 2.26. The van der Waals surface area contributed by atoms with Crippen LogP contribution in [0.2, 0.25) is 0 Å². The smallest absolute Gasteiger partial charge is 0.219 e. The average molecular weight is 199 g/mol. The van der Waals surface area contributed by atoms with E-state index in [0.29, 0.717) is 6.04 Å². The van der Waals surface area contributed by atoms with E-state index in [9.17, 15) is 4.79 Å². The van der Waals surface area contributed by atoms with E-state index in [1.807, 2.05) is 25.8 Å². The van der Waals surface area contributed by atoms with Gasteiger partial charge in [0.1, 0.15) is 0 Å². The fourth-order valence-electron chi connectivity index (χ4n) is 1.89. The summed E-state index contributed by atoms with van der Waals surface area (Å²) in [5.74, 6) is 1.07. The molecular weight excluding hydrogens is 174 g/mol. The number of carbonyl (C=O) groups is 1. The number of hydrogen-bond acceptors (Lipinski definition) is 1. The molecule has 0 atom stereocenters.